The summed E-state index contributed by atoms with van der Waals surface area (Å²) in [7, 11) is -3.98. The van der Waals surface area contributed by atoms with Gasteiger partial charge in [0.05, 0.1) is 29.4 Å². The van der Waals surface area contributed by atoms with Crippen LogP contribution in [0.3, 0.4) is 0 Å². The van der Waals surface area contributed by atoms with Crippen LogP contribution in [-0.2, 0) is 43.9 Å². The van der Waals surface area contributed by atoms with Crippen molar-refractivity contribution in [1.82, 2.24) is 30.2 Å². The molecule has 0 aliphatic carbocycles. The predicted octanol–water partition coefficient (Wildman–Crippen LogP) is 5.96. The molecule has 1 fully saturated rings. The number of ether oxygens (including phenoxy) is 2. The van der Waals surface area contributed by atoms with E-state index in [9.17, 15) is 23.4 Å². The van der Waals surface area contributed by atoms with Crippen LogP contribution in [0.5, 0.6) is 5.75 Å². The van der Waals surface area contributed by atoms with Gasteiger partial charge in [0, 0.05) is 23.8 Å². The van der Waals surface area contributed by atoms with Crippen molar-refractivity contribution in [3.05, 3.63) is 161 Å². The van der Waals surface area contributed by atoms with Gasteiger partial charge >= 0.3 is 0 Å². The van der Waals surface area contributed by atoms with Gasteiger partial charge in [0.1, 0.15) is 11.8 Å². The summed E-state index contributed by atoms with van der Waals surface area (Å²) >= 11 is 1.45. The van der Waals surface area contributed by atoms with E-state index in [1.54, 1.807) is 41.1 Å². The average molecular weight is 821 g/mol. The molecule has 1 aliphatic rings. The number of aryl methyl sites for hydroxylation is 1. The van der Waals surface area contributed by atoms with Crippen molar-refractivity contribution in [1.29, 1.82) is 0 Å². The lowest BCUT2D eigenvalue weighted by atomic mass is 9.91. The third-order valence-corrected chi connectivity index (χ3v) is 12.5. The number of rotatable bonds is 15. The number of aliphatic hydroxyl groups is 1. The molecule has 1 amide bonds. The number of hydrogen-bond acceptors (Lipinski definition) is 11. The fraction of sp³-hybridized carbons (Fsp3) is 0.256. The minimum absolute atomic E-state index is 0.0639. The van der Waals surface area contributed by atoms with Crippen molar-refractivity contribution in [3.8, 4) is 11.4 Å². The lowest BCUT2D eigenvalue weighted by molar-refractivity contribution is -0.268. The molecule has 1 saturated heterocycles. The lowest BCUT2D eigenvalue weighted by Gasteiger charge is -2.41. The second kappa shape index (κ2) is 18.4. The minimum atomic E-state index is -3.98. The molecule has 1 aliphatic heterocycles. The second-order valence-corrected chi connectivity index (χ2v) is 16.9. The Balaban J connectivity index is 1.05. The van der Waals surface area contributed by atoms with Crippen LogP contribution in [-0.4, -0.2) is 62.6 Å². The van der Waals surface area contributed by atoms with Gasteiger partial charge in [-0.15, -0.1) is 5.10 Å². The van der Waals surface area contributed by atoms with Crippen LogP contribution in [0.2, 0.25) is 0 Å². The zero-order chi connectivity index (χ0) is 40.6. The first-order chi connectivity index (χ1) is 28.1. The number of thioether (sulfide) groups is 1. The van der Waals surface area contributed by atoms with Gasteiger partial charge in [0.25, 0.3) is 0 Å². The molecule has 13 nitrogen and oxygen atoms in total. The molecule has 7 rings (SSSR count). The van der Waals surface area contributed by atoms with E-state index in [0.29, 0.717) is 16.6 Å². The van der Waals surface area contributed by atoms with E-state index in [1.807, 2.05) is 85.8 Å². The molecule has 0 radical (unpaired) electrons. The normalized spacial score (nSPS) is 18.7. The molecular formula is C43H44N6O7S2. The highest BCUT2D eigenvalue weighted by Gasteiger charge is 2.39. The number of phenols is 1. The standard InChI is InChI=1S/C43H44N6O7S2/c1-28-8-22-37(23-9-28)58(53,54)46-38(24-30-6-4-3-5-7-30)41(52)44-25-31-10-16-34(17-11-31)42-55-39(29(2)40(56-42)33-14-12-32(26-50)13-15-33)27-57-43-45-47-48-49(43)35-18-20-36(51)21-19-35/h3-23,29,38-40,42,46,50-51H,24-27H2,1-2H3,(H,44,52). The van der Waals surface area contributed by atoms with Gasteiger partial charge in [-0.3, -0.25) is 4.79 Å². The Bertz CT molecular complexity index is 2380. The van der Waals surface area contributed by atoms with Crippen molar-refractivity contribution in [3.63, 3.8) is 0 Å². The van der Waals surface area contributed by atoms with Gasteiger partial charge in [0.2, 0.25) is 21.1 Å². The van der Waals surface area contributed by atoms with E-state index >= 15 is 0 Å². The molecule has 0 bridgehead atoms. The van der Waals surface area contributed by atoms with Gasteiger partial charge in [-0.2, -0.15) is 9.40 Å². The Morgan fingerprint density at radius 2 is 1.52 bits per heavy atom. The van der Waals surface area contributed by atoms with Gasteiger partial charge in [-0.1, -0.05) is 115 Å². The van der Waals surface area contributed by atoms with E-state index in [2.05, 4.69) is 32.5 Å². The van der Waals surface area contributed by atoms with E-state index < -0.39 is 28.3 Å². The predicted molar refractivity (Wildman–Crippen MR) is 218 cm³/mol. The number of aromatic hydroxyl groups is 1. The quantitative estimate of drug-likeness (QED) is 0.0900. The van der Waals surface area contributed by atoms with Crippen molar-refractivity contribution < 1.29 is 32.9 Å². The number of phenolic OH excluding ortho intramolecular Hbond substituents is 1. The maximum atomic E-state index is 13.6. The molecule has 58 heavy (non-hydrogen) atoms. The number of carbonyl (C=O) groups excluding carboxylic acids is 1. The number of nitrogens with zero attached hydrogens (tertiary/aromatic N) is 4. The summed E-state index contributed by atoms with van der Waals surface area (Å²) in [6.07, 6.45) is -1.19. The molecule has 4 N–H and O–H groups in total. The zero-order valence-corrected chi connectivity index (χ0v) is 33.5. The molecule has 0 saturated carbocycles. The van der Waals surface area contributed by atoms with Crippen molar-refractivity contribution >= 4 is 27.7 Å². The molecule has 5 unspecified atom stereocenters. The van der Waals surface area contributed by atoms with Crippen LogP contribution in [0.25, 0.3) is 5.69 Å². The Morgan fingerprint density at radius 3 is 2.21 bits per heavy atom. The Hall–Kier alpha value is -5.42. The minimum Gasteiger partial charge on any atom is -0.508 e. The lowest BCUT2D eigenvalue weighted by Crippen LogP contribution is -2.47. The van der Waals surface area contributed by atoms with Crippen molar-refractivity contribution in [2.24, 2.45) is 5.92 Å². The number of benzene rings is 5. The molecule has 1 aromatic heterocycles. The molecule has 15 heteroatoms. The van der Waals surface area contributed by atoms with E-state index in [0.717, 1.165) is 33.4 Å². The van der Waals surface area contributed by atoms with Gasteiger partial charge < -0.3 is 25.0 Å². The van der Waals surface area contributed by atoms with Gasteiger partial charge in [-0.05, 0) is 82.4 Å². The zero-order valence-electron chi connectivity index (χ0n) is 31.9. The number of hydrogen-bond donors (Lipinski definition) is 4. The van der Waals surface area contributed by atoms with Gasteiger partial charge in [-0.25, -0.2) is 8.42 Å². The van der Waals surface area contributed by atoms with Crippen LogP contribution in [0.1, 0.15) is 52.7 Å². The largest absolute Gasteiger partial charge is 0.508 e. The molecule has 0 spiro atoms. The summed E-state index contributed by atoms with van der Waals surface area (Å²) in [5, 5.41) is 35.1. The molecule has 2 heterocycles. The number of carbonyl (C=O) groups is 1. The van der Waals surface area contributed by atoms with Gasteiger partial charge in [0.15, 0.2) is 6.29 Å². The van der Waals surface area contributed by atoms with Crippen LogP contribution in [0.15, 0.2) is 137 Å². The first-order valence-corrected chi connectivity index (χ1v) is 21.2. The first-order valence-electron chi connectivity index (χ1n) is 18.8. The summed E-state index contributed by atoms with van der Waals surface area (Å²) < 4.78 is 44.2. The SMILES string of the molecule is Cc1ccc(S(=O)(=O)NC(Cc2ccccc2)C(=O)NCc2ccc(C3OC(CSc4nnnn4-c4ccc(O)cc4)C(C)C(c4ccc(CO)cc4)O3)cc2)cc1. The number of amides is 1. The van der Waals surface area contributed by atoms with Crippen LogP contribution >= 0.6 is 11.8 Å². The van der Waals surface area contributed by atoms with E-state index in [-0.39, 0.29) is 48.3 Å². The average Bonchev–Trinajstić information content (AvgIpc) is 3.72. The number of sulfonamides is 1. The summed E-state index contributed by atoms with van der Waals surface area (Å²) in [6.45, 7) is 4.05. The summed E-state index contributed by atoms with van der Waals surface area (Å²) in [5.41, 5.74) is 5.76. The molecular weight excluding hydrogens is 777 g/mol. The number of aromatic nitrogens is 4. The Morgan fingerprint density at radius 1 is 0.845 bits per heavy atom. The van der Waals surface area contributed by atoms with Crippen LogP contribution in [0, 0.1) is 12.8 Å². The topological polar surface area (TPSA) is 178 Å². The first kappa shape index (κ1) is 40.8. The third-order valence-electron chi connectivity index (χ3n) is 9.98. The Labute approximate surface area is 341 Å². The fourth-order valence-corrected chi connectivity index (χ4v) is 8.86. The second-order valence-electron chi connectivity index (χ2n) is 14.2. The number of aliphatic hydroxyl groups excluding tert-OH is 1. The summed E-state index contributed by atoms with van der Waals surface area (Å²) in [6, 6.07) is 36.6. The molecule has 300 valence electrons. The highest BCUT2D eigenvalue weighted by Crippen LogP contribution is 2.43. The monoisotopic (exact) mass is 820 g/mol. The number of tetrazole rings is 1. The summed E-state index contributed by atoms with van der Waals surface area (Å²) in [4.78, 5) is 13.7. The van der Waals surface area contributed by atoms with Crippen molar-refractivity contribution in [2.75, 3.05) is 5.75 Å². The molecule has 5 aromatic carbocycles. The van der Waals surface area contributed by atoms with Crippen molar-refractivity contribution in [2.45, 2.75) is 68.0 Å². The van der Waals surface area contributed by atoms with E-state index in [1.165, 1.54) is 23.9 Å². The smallest absolute Gasteiger partial charge is 0.241 e. The third kappa shape index (κ3) is 9.99. The highest BCUT2D eigenvalue weighted by atomic mass is 32.2. The molecule has 5 atom stereocenters. The summed E-state index contributed by atoms with van der Waals surface area (Å²) in [5.74, 6) is 0.114. The van der Waals surface area contributed by atoms with Crippen LogP contribution < -0.4 is 10.0 Å². The van der Waals surface area contributed by atoms with Crippen LogP contribution in [0.4, 0.5) is 0 Å². The highest BCUT2D eigenvalue weighted by molar-refractivity contribution is 7.99. The fourth-order valence-electron chi connectivity index (χ4n) is 6.61. The number of nitrogens with one attached hydrogen (secondary N) is 2. The Kier molecular flexibility index (Phi) is 13.0. The van der Waals surface area contributed by atoms with E-state index in [4.69, 9.17) is 9.47 Å². The maximum absolute atomic E-state index is 13.6. The molecule has 6 aromatic rings. The maximum Gasteiger partial charge on any atom is 0.241 e.